The highest BCUT2D eigenvalue weighted by atomic mass is 32.2. The van der Waals surface area contributed by atoms with Gasteiger partial charge in [-0.2, -0.15) is 4.37 Å². The van der Waals surface area contributed by atoms with Crippen LogP contribution < -0.4 is 5.73 Å². The lowest BCUT2D eigenvalue weighted by molar-refractivity contribution is 0.706. The molecule has 0 aliphatic heterocycles. The van der Waals surface area contributed by atoms with Crippen LogP contribution in [0.15, 0.2) is 20.9 Å². The summed E-state index contributed by atoms with van der Waals surface area (Å²) in [6.45, 7) is 4.07. The number of thiazole rings is 1. The first kappa shape index (κ1) is 14.0. The van der Waals surface area contributed by atoms with Crippen molar-refractivity contribution in [3.63, 3.8) is 0 Å². The van der Waals surface area contributed by atoms with Crippen molar-refractivity contribution in [3.8, 4) is 0 Å². The van der Waals surface area contributed by atoms with Gasteiger partial charge in [-0.3, -0.25) is 4.40 Å². The lowest BCUT2D eigenvalue weighted by Gasteiger charge is -2.05. The maximum Gasteiger partial charge on any atom is 0.194 e. The van der Waals surface area contributed by atoms with Gasteiger partial charge in [-0.25, -0.2) is 9.97 Å². The lowest BCUT2D eigenvalue weighted by atomic mass is 10.2. The zero-order valence-electron chi connectivity index (χ0n) is 11.2. The van der Waals surface area contributed by atoms with Crippen LogP contribution in [0, 0.1) is 0 Å². The number of fused-ring (bicyclic) bond motifs is 1. The van der Waals surface area contributed by atoms with E-state index in [1.54, 1.807) is 23.1 Å². The third-order valence-electron chi connectivity index (χ3n) is 2.79. The number of aryl methyl sites for hydroxylation is 1. The monoisotopic (exact) mass is 325 g/mol. The summed E-state index contributed by atoms with van der Waals surface area (Å²) < 4.78 is 7.38. The van der Waals surface area contributed by atoms with Crippen LogP contribution in [0.1, 0.15) is 25.4 Å². The number of imidazole rings is 1. The van der Waals surface area contributed by atoms with Crippen LogP contribution in [-0.2, 0) is 12.8 Å². The summed E-state index contributed by atoms with van der Waals surface area (Å²) in [6.07, 6.45) is 3.72. The molecule has 20 heavy (non-hydrogen) atoms. The van der Waals surface area contributed by atoms with Crippen molar-refractivity contribution in [2.75, 3.05) is 0 Å². The molecule has 0 aromatic carbocycles. The second kappa shape index (κ2) is 5.80. The van der Waals surface area contributed by atoms with Crippen LogP contribution in [0.5, 0.6) is 0 Å². The third kappa shape index (κ3) is 2.73. The molecule has 0 fully saturated rings. The van der Waals surface area contributed by atoms with Gasteiger partial charge in [0.05, 0.1) is 5.69 Å². The quantitative estimate of drug-likeness (QED) is 0.781. The van der Waals surface area contributed by atoms with Gasteiger partial charge in [-0.05, 0) is 30.2 Å². The summed E-state index contributed by atoms with van der Waals surface area (Å²) in [5, 5.41) is 3.04. The van der Waals surface area contributed by atoms with E-state index in [4.69, 9.17) is 5.73 Å². The van der Waals surface area contributed by atoms with Crippen LogP contribution >= 0.6 is 34.6 Å². The normalized spacial score (nSPS) is 13.2. The van der Waals surface area contributed by atoms with E-state index in [0.717, 1.165) is 38.7 Å². The Hall–Kier alpha value is -0.960. The highest BCUT2D eigenvalue weighted by molar-refractivity contribution is 8.00. The van der Waals surface area contributed by atoms with Gasteiger partial charge in [0.1, 0.15) is 10.9 Å². The Bertz CT molecular complexity index is 712. The molecule has 1 unspecified atom stereocenters. The molecule has 0 spiro atoms. The summed E-state index contributed by atoms with van der Waals surface area (Å²) in [5.74, 6) is 0.896. The molecule has 0 radical (unpaired) electrons. The van der Waals surface area contributed by atoms with Crippen molar-refractivity contribution in [3.05, 3.63) is 23.1 Å². The summed E-state index contributed by atoms with van der Waals surface area (Å²) in [6, 6.07) is 0.106. The Kier molecular flexibility index (Phi) is 4.06. The van der Waals surface area contributed by atoms with E-state index in [1.807, 2.05) is 18.5 Å². The van der Waals surface area contributed by atoms with Gasteiger partial charge in [0, 0.05) is 30.5 Å². The number of rotatable bonds is 5. The van der Waals surface area contributed by atoms with Gasteiger partial charge in [-0.1, -0.05) is 6.92 Å². The molecule has 0 amide bonds. The molecule has 3 aromatic rings. The molecule has 0 aliphatic rings. The van der Waals surface area contributed by atoms with Gasteiger partial charge >= 0.3 is 0 Å². The molecule has 2 N–H and O–H groups in total. The summed E-state index contributed by atoms with van der Waals surface area (Å²) >= 11 is 4.66. The predicted octanol–water partition coefficient (Wildman–Crippen LogP) is 2.85. The Morgan fingerprint density at radius 3 is 3.00 bits per heavy atom. The van der Waals surface area contributed by atoms with E-state index in [-0.39, 0.29) is 6.04 Å². The lowest BCUT2D eigenvalue weighted by Crippen LogP contribution is -2.19. The number of hydrogen-bond donors (Lipinski definition) is 1. The van der Waals surface area contributed by atoms with Crippen LogP contribution in [0.25, 0.3) is 4.96 Å². The Labute approximate surface area is 129 Å². The first-order chi connectivity index (χ1) is 9.67. The van der Waals surface area contributed by atoms with Crippen molar-refractivity contribution in [2.45, 2.75) is 42.1 Å². The largest absolute Gasteiger partial charge is 0.328 e. The van der Waals surface area contributed by atoms with Crippen molar-refractivity contribution >= 4 is 39.6 Å². The van der Waals surface area contributed by atoms with Gasteiger partial charge in [0.25, 0.3) is 0 Å². The highest BCUT2D eigenvalue weighted by Crippen LogP contribution is 2.33. The fourth-order valence-electron chi connectivity index (χ4n) is 1.89. The Morgan fingerprint density at radius 2 is 2.30 bits per heavy atom. The molecular weight excluding hydrogens is 310 g/mol. The average molecular weight is 325 g/mol. The first-order valence-corrected chi connectivity index (χ1v) is 8.84. The van der Waals surface area contributed by atoms with Crippen molar-refractivity contribution < 1.29 is 0 Å². The van der Waals surface area contributed by atoms with Gasteiger partial charge in [0.15, 0.2) is 9.30 Å². The second-order valence-corrected chi connectivity index (χ2v) is 7.39. The molecule has 3 heterocycles. The minimum Gasteiger partial charge on any atom is -0.328 e. The molecule has 1 atom stereocenters. The molecule has 3 aromatic heterocycles. The fourth-order valence-corrected chi connectivity index (χ4v) is 4.43. The molecule has 3 rings (SSSR count). The van der Waals surface area contributed by atoms with Crippen LogP contribution in [-0.4, -0.2) is 24.8 Å². The fraction of sp³-hybridized carbons (Fsp3) is 0.417. The zero-order chi connectivity index (χ0) is 14.1. The van der Waals surface area contributed by atoms with Gasteiger partial charge in [-0.15, -0.1) is 11.3 Å². The summed E-state index contributed by atoms with van der Waals surface area (Å²) in [5.41, 5.74) is 7.12. The maximum atomic E-state index is 5.96. The zero-order valence-corrected chi connectivity index (χ0v) is 13.7. The minimum atomic E-state index is 0.106. The number of hydrogen-bond acceptors (Lipinski definition) is 7. The standard InChI is InChI=1S/C12H15N5S3/c1-3-9-14-12(20-16-9)19-10-8(6-7(2)13)17-4-5-18-11(17)15-10/h4-5,7H,3,6,13H2,1-2H3. The molecular formula is C12H15N5S3. The van der Waals surface area contributed by atoms with E-state index < -0.39 is 0 Å². The molecule has 106 valence electrons. The van der Waals surface area contributed by atoms with E-state index in [0.29, 0.717) is 0 Å². The smallest absolute Gasteiger partial charge is 0.194 e. The summed E-state index contributed by atoms with van der Waals surface area (Å²) in [4.78, 5) is 10.2. The SMILES string of the molecule is CCc1nsc(Sc2nc3sccn3c2CC(C)N)n1. The van der Waals surface area contributed by atoms with Crippen molar-refractivity contribution in [2.24, 2.45) is 5.73 Å². The number of nitrogens with zero attached hydrogens (tertiary/aromatic N) is 4. The molecule has 8 heteroatoms. The van der Waals surface area contributed by atoms with Crippen LogP contribution in [0.3, 0.4) is 0 Å². The molecule has 5 nitrogen and oxygen atoms in total. The molecule has 0 saturated carbocycles. The number of nitrogens with two attached hydrogens (primary N) is 1. The Balaban J connectivity index is 1.95. The van der Waals surface area contributed by atoms with E-state index in [2.05, 4.69) is 25.7 Å². The van der Waals surface area contributed by atoms with E-state index in [1.165, 1.54) is 11.5 Å². The van der Waals surface area contributed by atoms with E-state index >= 15 is 0 Å². The van der Waals surface area contributed by atoms with Crippen molar-refractivity contribution in [1.29, 1.82) is 0 Å². The predicted molar refractivity (Wildman–Crippen MR) is 83.8 cm³/mol. The highest BCUT2D eigenvalue weighted by Gasteiger charge is 2.17. The topological polar surface area (TPSA) is 69.1 Å². The van der Waals surface area contributed by atoms with Crippen LogP contribution in [0.2, 0.25) is 0 Å². The van der Waals surface area contributed by atoms with E-state index in [9.17, 15) is 0 Å². The first-order valence-electron chi connectivity index (χ1n) is 6.37. The molecule has 0 bridgehead atoms. The van der Waals surface area contributed by atoms with Gasteiger partial charge < -0.3 is 5.73 Å². The van der Waals surface area contributed by atoms with Crippen LogP contribution in [0.4, 0.5) is 0 Å². The molecule has 0 aliphatic carbocycles. The molecule has 0 saturated heterocycles. The average Bonchev–Trinajstić information content (AvgIpc) is 3.08. The van der Waals surface area contributed by atoms with Crippen molar-refractivity contribution in [1.82, 2.24) is 18.7 Å². The van der Waals surface area contributed by atoms with Gasteiger partial charge in [0.2, 0.25) is 0 Å². The summed E-state index contributed by atoms with van der Waals surface area (Å²) in [7, 11) is 0. The maximum absolute atomic E-state index is 5.96. The third-order valence-corrected chi connectivity index (χ3v) is 5.36. The number of aromatic nitrogens is 4. The minimum absolute atomic E-state index is 0.106. The Morgan fingerprint density at radius 1 is 1.45 bits per heavy atom. The second-order valence-electron chi connectivity index (χ2n) is 4.53.